The Balaban J connectivity index is 0.822. The van der Waals surface area contributed by atoms with E-state index in [-0.39, 0.29) is 98.8 Å². The summed E-state index contributed by atoms with van der Waals surface area (Å²) in [6.45, 7) is 18.9. The highest BCUT2D eigenvalue weighted by atomic mass is 16.7. The number of hydrogen-bond acceptors (Lipinski definition) is 27. The van der Waals surface area contributed by atoms with Crippen LogP contribution in [0.2, 0.25) is 0 Å². The lowest BCUT2D eigenvalue weighted by molar-refractivity contribution is -0.388. The number of aliphatic hydroxyl groups is 18. The number of aliphatic hydroxyl groups excluding tert-OH is 17. The Hall–Kier alpha value is -1.34. The summed E-state index contributed by atoms with van der Waals surface area (Å²) in [6, 6.07) is 0. The van der Waals surface area contributed by atoms with E-state index >= 15 is 0 Å². The topological polar surface area (TPSA) is 447 Å². The maximum atomic E-state index is 12.5. The molecule has 546 valence electrons. The molecular formula is C67H116O27. The molecule has 1 spiro atoms. The predicted octanol–water partition coefficient (Wildman–Crippen LogP) is -2.42. The first kappa shape index (κ1) is 76.8. The van der Waals surface area contributed by atoms with Crippen molar-refractivity contribution >= 4 is 0 Å². The molecule has 3 saturated carbocycles. The van der Waals surface area contributed by atoms with Crippen LogP contribution in [0.1, 0.15) is 141 Å². The van der Waals surface area contributed by atoms with Crippen LogP contribution in [0.15, 0.2) is 11.1 Å². The first-order chi connectivity index (χ1) is 43.7. The standard InChI is InChI=1S/C67H116O27/c1-30(13-14-33(61(6,7)85)17-18-62(8)46(94-66(12)59(84)55(80)50(75)41(24-70)93-66)21-38(71)42(91-62)25-86-27-63(9)56(81)52(77)48(73)39(22-68)89-63)31(2)34-19-44(72)67-35-15-16-45(60(4,5)47(35)37(67)20-36(67)32(34)3)88-29-65(11)58(83)54(79)51(76)43(92-65)26-87-28-64(10)57(82)53(78)49(74)40(23-69)90-64/h30-36,38-46,48-59,68-85H,13-29H2,1-12H3/t30-,31?,32+,33?,34?,35+,36?,38-,39?,40?,41?,42?,43?,44-,45?,46-,48?,49?,50?,51?,52?,53?,54?,55?,56?,57?,58+,59?,62?,63?,64?,65?,66-,67-/m1/s1. The van der Waals surface area contributed by atoms with Gasteiger partial charge in [0.15, 0.2) is 5.79 Å². The molecule has 0 radical (unpaired) electrons. The smallest absolute Gasteiger partial charge is 0.195 e. The molecule has 27 heteroatoms. The summed E-state index contributed by atoms with van der Waals surface area (Å²) in [4.78, 5) is 0. The highest BCUT2D eigenvalue weighted by Gasteiger charge is 2.74. The molecule has 0 amide bonds. The zero-order valence-electron chi connectivity index (χ0n) is 56.9. The average Bonchev–Trinajstić information content (AvgIpc) is 0.644. The van der Waals surface area contributed by atoms with Gasteiger partial charge >= 0.3 is 0 Å². The van der Waals surface area contributed by atoms with E-state index in [1.165, 1.54) is 31.9 Å². The number of fused-ring (bicyclic) bond motifs is 1. The quantitative estimate of drug-likeness (QED) is 0.0423. The third-order valence-electron chi connectivity index (χ3n) is 25.0. The molecule has 4 aliphatic carbocycles. The van der Waals surface area contributed by atoms with Gasteiger partial charge in [-0.05, 0) is 135 Å². The van der Waals surface area contributed by atoms with Crippen molar-refractivity contribution in [1.82, 2.24) is 0 Å². The summed E-state index contributed by atoms with van der Waals surface area (Å²) in [5.74, 6) is -1.06. The van der Waals surface area contributed by atoms with Crippen molar-refractivity contribution in [2.24, 2.45) is 52.3 Å². The molecule has 8 fully saturated rings. The highest BCUT2D eigenvalue weighted by Crippen LogP contribution is 2.79. The van der Waals surface area contributed by atoms with Crippen LogP contribution in [0.3, 0.4) is 0 Å². The van der Waals surface area contributed by atoms with Crippen LogP contribution in [0.25, 0.3) is 0 Å². The Labute approximate surface area is 551 Å². The van der Waals surface area contributed by atoms with Crippen molar-refractivity contribution in [3.63, 3.8) is 0 Å². The van der Waals surface area contributed by atoms with Crippen molar-refractivity contribution in [3.8, 4) is 0 Å². The van der Waals surface area contributed by atoms with E-state index in [9.17, 15) is 91.9 Å². The summed E-state index contributed by atoms with van der Waals surface area (Å²) in [7, 11) is 0. The second-order valence-corrected chi connectivity index (χ2v) is 32.1. The van der Waals surface area contributed by atoms with Gasteiger partial charge in [0.2, 0.25) is 0 Å². The van der Waals surface area contributed by atoms with Crippen LogP contribution in [-0.4, -0.2) is 307 Å². The molecule has 0 aromatic carbocycles. The molecule has 9 aliphatic rings. The molecule has 0 aromatic rings. The maximum absolute atomic E-state index is 12.5. The first-order valence-corrected chi connectivity index (χ1v) is 34.3. The molecule has 9 rings (SSSR count). The molecule has 27 nitrogen and oxygen atoms in total. The van der Waals surface area contributed by atoms with Crippen LogP contribution in [-0.2, 0) is 42.6 Å². The summed E-state index contributed by atoms with van der Waals surface area (Å²) in [5, 5.41) is 195. The Bertz CT molecular complexity index is 2560. The van der Waals surface area contributed by atoms with Gasteiger partial charge in [0.05, 0.1) is 88.5 Å². The summed E-state index contributed by atoms with van der Waals surface area (Å²) in [5.41, 5.74) is -5.34. The summed E-state index contributed by atoms with van der Waals surface area (Å²) >= 11 is 0. The van der Waals surface area contributed by atoms with Crippen LogP contribution in [0, 0.1) is 52.3 Å². The first-order valence-electron chi connectivity index (χ1n) is 34.3. The Kier molecular flexibility index (Phi) is 23.3. The number of hydrogen-bond donors (Lipinski definition) is 18. The van der Waals surface area contributed by atoms with Gasteiger partial charge in [0.25, 0.3) is 0 Å². The zero-order valence-corrected chi connectivity index (χ0v) is 56.9. The molecule has 94 heavy (non-hydrogen) atoms. The van der Waals surface area contributed by atoms with E-state index in [1.54, 1.807) is 27.7 Å². The second kappa shape index (κ2) is 28.5. The van der Waals surface area contributed by atoms with E-state index in [2.05, 4.69) is 34.6 Å². The summed E-state index contributed by atoms with van der Waals surface area (Å²) in [6.07, 6.45) is -23.9. The fourth-order valence-electron chi connectivity index (χ4n) is 18.5. The average molecular weight is 1350 g/mol. The lowest BCUT2D eigenvalue weighted by Gasteiger charge is -2.75. The molecule has 5 heterocycles. The van der Waals surface area contributed by atoms with Crippen LogP contribution < -0.4 is 0 Å². The van der Waals surface area contributed by atoms with Gasteiger partial charge in [-0.1, -0.05) is 52.2 Å². The van der Waals surface area contributed by atoms with Crippen LogP contribution in [0.5, 0.6) is 0 Å². The van der Waals surface area contributed by atoms with E-state index in [0.29, 0.717) is 25.7 Å². The molecular weight excluding hydrogens is 1240 g/mol. The van der Waals surface area contributed by atoms with Gasteiger partial charge in [-0.3, -0.25) is 0 Å². The van der Waals surface area contributed by atoms with Crippen LogP contribution in [0.4, 0.5) is 0 Å². The molecule has 0 bridgehead atoms. The van der Waals surface area contributed by atoms with Gasteiger partial charge in [0, 0.05) is 17.3 Å². The van der Waals surface area contributed by atoms with E-state index in [1.807, 2.05) is 0 Å². The van der Waals surface area contributed by atoms with Crippen LogP contribution >= 0.6 is 0 Å². The van der Waals surface area contributed by atoms with Crippen molar-refractivity contribution < 1.29 is 135 Å². The second-order valence-electron chi connectivity index (χ2n) is 32.1. The fraction of sp³-hybridized carbons (Fsp3) is 0.970. The Morgan fingerprint density at radius 3 is 1.52 bits per heavy atom. The van der Waals surface area contributed by atoms with E-state index in [0.717, 1.165) is 19.3 Å². The zero-order chi connectivity index (χ0) is 69.7. The summed E-state index contributed by atoms with van der Waals surface area (Å²) < 4.78 is 55.7. The fourth-order valence-corrected chi connectivity index (χ4v) is 18.5. The SMILES string of the molecule is CC(C1C[C@@H](O)[C@]23C(=C4[C@@H]2CCC(OCC2(C)OC(COCC5(C)OC(CO)C(O)C(O)C5O)C(O)C(O)[C@@H]2O)C4(C)C)CC3[C@H]1C)[C@H](C)CCC(CCC1(C)OC(COCC2(C)OC(CO)C(O)C(O)C2O)[C@H](O)C[C@H]1O[C@@]1(C)OC(CO)C(O)C(O)C1O)C(C)(C)O. The monoisotopic (exact) mass is 1350 g/mol. The number of rotatable bonds is 25. The third kappa shape index (κ3) is 13.7. The maximum Gasteiger partial charge on any atom is 0.195 e. The van der Waals surface area contributed by atoms with Gasteiger partial charge in [-0.25, -0.2) is 0 Å². The molecule has 0 aromatic heterocycles. The number of ether oxygens (including phenoxy) is 9. The Morgan fingerprint density at radius 2 is 1.00 bits per heavy atom. The van der Waals surface area contributed by atoms with Crippen molar-refractivity contribution in [2.45, 2.75) is 303 Å². The highest BCUT2D eigenvalue weighted by molar-refractivity contribution is 5.53. The third-order valence-corrected chi connectivity index (χ3v) is 25.0. The molecule has 5 saturated heterocycles. The minimum atomic E-state index is -2.01. The normalized spacial score (nSPS) is 50.6. The van der Waals surface area contributed by atoms with Crippen molar-refractivity contribution in [1.29, 1.82) is 0 Å². The minimum absolute atomic E-state index is 0.113. The van der Waals surface area contributed by atoms with E-state index < -0.39 is 181 Å². The Morgan fingerprint density at radius 1 is 0.532 bits per heavy atom. The predicted molar refractivity (Wildman–Crippen MR) is 331 cm³/mol. The molecule has 25 unspecified atom stereocenters. The largest absolute Gasteiger partial charge is 0.394 e. The van der Waals surface area contributed by atoms with Gasteiger partial charge < -0.3 is 135 Å². The van der Waals surface area contributed by atoms with E-state index in [4.69, 9.17) is 42.6 Å². The van der Waals surface area contributed by atoms with Gasteiger partial charge in [-0.15, -0.1) is 0 Å². The lowest BCUT2D eigenvalue weighted by Crippen LogP contribution is -2.71. The molecule has 18 N–H and O–H groups in total. The van der Waals surface area contributed by atoms with Crippen molar-refractivity contribution in [3.05, 3.63) is 11.1 Å². The minimum Gasteiger partial charge on any atom is -0.394 e. The van der Waals surface area contributed by atoms with Crippen molar-refractivity contribution in [2.75, 3.05) is 52.9 Å². The van der Waals surface area contributed by atoms with Gasteiger partial charge in [-0.2, -0.15) is 0 Å². The molecule has 34 atom stereocenters. The molecule has 5 aliphatic heterocycles. The lowest BCUT2D eigenvalue weighted by atomic mass is 9.30. The van der Waals surface area contributed by atoms with Gasteiger partial charge in [0.1, 0.15) is 121 Å².